The molecule has 6 amide bonds. The lowest BCUT2D eigenvalue weighted by atomic mass is 10.0. The van der Waals surface area contributed by atoms with E-state index in [-0.39, 0.29) is 59.3 Å². The average Bonchev–Trinajstić information content (AvgIpc) is 3.66. The van der Waals surface area contributed by atoms with Crippen LogP contribution < -0.4 is 21.3 Å². The summed E-state index contributed by atoms with van der Waals surface area (Å²) in [4.78, 5) is 90.6. The number of imidazole rings is 1. The van der Waals surface area contributed by atoms with Crippen molar-refractivity contribution in [3.8, 4) is 11.3 Å². The van der Waals surface area contributed by atoms with Crippen molar-refractivity contribution in [3.05, 3.63) is 89.4 Å². The van der Waals surface area contributed by atoms with Crippen LogP contribution in [0.3, 0.4) is 0 Å². The van der Waals surface area contributed by atoms with Crippen LogP contribution >= 0.6 is 0 Å². The minimum absolute atomic E-state index is 0.0127. The molecule has 2 aromatic carbocycles. The van der Waals surface area contributed by atoms with Gasteiger partial charge in [-0.15, -0.1) is 0 Å². The topological polar surface area (TPSA) is 219 Å². The van der Waals surface area contributed by atoms with Gasteiger partial charge in [-0.25, -0.2) is 14.4 Å². The van der Waals surface area contributed by atoms with Gasteiger partial charge in [0.25, 0.3) is 17.7 Å². The smallest absolute Gasteiger partial charge is 0.264 e. The molecule has 1 aliphatic carbocycles. The maximum absolute atomic E-state index is 15.6. The number of benzene rings is 2. The van der Waals surface area contributed by atoms with E-state index in [1.165, 1.54) is 18.2 Å². The Morgan fingerprint density at radius 2 is 1.78 bits per heavy atom. The number of anilines is 3. The van der Waals surface area contributed by atoms with Crippen molar-refractivity contribution >= 4 is 58.3 Å². The maximum Gasteiger partial charge on any atom is 0.264 e. The molecule has 4 aliphatic rings. The maximum atomic E-state index is 15.6. The van der Waals surface area contributed by atoms with Crippen LogP contribution in [0, 0.1) is 5.82 Å². The number of nitrogens with zero attached hydrogens (tertiary/aromatic N) is 7. The first kappa shape index (κ1) is 37.6. The van der Waals surface area contributed by atoms with E-state index < -0.39 is 35.5 Å². The first-order valence-corrected chi connectivity index (χ1v) is 19.4. The second kappa shape index (κ2) is 15.4. The highest BCUT2D eigenvalue weighted by Crippen LogP contribution is 2.40. The molecular formula is C40H39FN12O6. The first-order chi connectivity index (χ1) is 28.6. The number of imide groups is 2. The summed E-state index contributed by atoms with van der Waals surface area (Å²) in [5.41, 5.74) is 3.98. The molecule has 5 N–H and O–H groups in total. The molecule has 9 rings (SSSR count). The highest BCUT2D eigenvalue weighted by atomic mass is 19.1. The number of hydrogen-bond donors (Lipinski definition) is 5. The van der Waals surface area contributed by atoms with Crippen molar-refractivity contribution in [2.75, 3.05) is 56.4 Å². The fourth-order valence-electron chi connectivity index (χ4n) is 7.76. The summed E-state index contributed by atoms with van der Waals surface area (Å²) in [6.07, 6.45) is 9.31. The Bertz CT molecular complexity index is 2530. The first-order valence-electron chi connectivity index (χ1n) is 19.4. The summed E-state index contributed by atoms with van der Waals surface area (Å²) in [5.74, 6) is -2.92. The zero-order valence-corrected chi connectivity index (χ0v) is 31.7. The third kappa shape index (κ3) is 7.35. The van der Waals surface area contributed by atoms with Crippen LogP contribution in [0.2, 0.25) is 0 Å². The minimum atomic E-state index is -1.09. The number of hydrogen-bond acceptors (Lipinski definition) is 12. The Balaban J connectivity index is 0.751. The molecule has 3 fully saturated rings. The van der Waals surface area contributed by atoms with Crippen molar-refractivity contribution in [2.45, 2.75) is 37.6 Å². The Kier molecular flexibility index (Phi) is 9.79. The average molecular weight is 803 g/mol. The molecule has 3 aliphatic heterocycles. The Morgan fingerprint density at radius 1 is 0.949 bits per heavy atom. The number of halogens is 1. The lowest BCUT2D eigenvalue weighted by Gasteiger charge is -2.34. The third-order valence-corrected chi connectivity index (χ3v) is 11.1. The molecule has 5 aromatic rings. The molecule has 1 saturated carbocycles. The predicted octanol–water partition coefficient (Wildman–Crippen LogP) is 2.27. The van der Waals surface area contributed by atoms with Crippen LogP contribution in [-0.2, 0) is 14.4 Å². The minimum Gasteiger partial charge on any atom is -0.375 e. The molecule has 1 atom stereocenters. The van der Waals surface area contributed by atoms with Gasteiger partial charge in [0.1, 0.15) is 11.9 Å². The second-order valence-corrected chi connectivity index (χ2v) is 14.9. The van der Waals surface area contributed by atoms with Gasteiger partial charge in [0.2, 0.25) is 17.7 Å². The number of nitrogens with one attached hydrogen (secondary N) is 5. The molecule has 59 heavy (non-hydrogen) atoms. The molecule has 6 heterocycles. The van der Waals surface area contributed by atoms with Crippen LogP contribution in [0.5, 0.6) is 0 Å². The van der Waals surface area contributed by atoms with Gasteiger partial charge in [0.15, 0.2) is 11.5 Å². The highest BCUT2D eigenvalue weighted by Gasteiger charge is 2.45. The van der Waals surface area contributed by atoms with Gasteiger partial charge in [-0.1, -0.05) is 6.07 Å². The largest absolute Gasteiger partial charge is 0.375 e. The summed E-state index contributed by atoms with van der Waals surface area (Å²) in [6, 6.07) is 7.92. The van der Waals surface area contributed by atoms with Crippen LogP contribution in [0.1, 0.15) is 68.4 Å². The van der Waals surface area contributed by atoms with Crippen molar-refractivity contribution in [1.29, 1.82) is 0 Å². The number of aromatic nitrogens is 5. The van der Waals surface area contributed by atoms with Crippen LogP contribution in [-0.4, -0.2) is 127 Å². The highest BCUT2D eigenvalue weighted by molar-refractivity contribution is 6.25. The SMILES string of the molecule is O=C(CNc1cccc2c1C(=O)N(C1CCC(=O)NC1=O)C2=O)NCCN1CCN(C(=O)c2ccc(Nc3nc(C4CC4)cn4c(-c5cn[nH]c5)cnc34)c(F)c2)CC1. The second-order valence-electron chi connectivity index (χ2n) is 14.9. The molecule has 18 nitrogen and oxygen atoms in total. The standard InChI is InChI=1S/C40H39FN12O6/c41-26-16-23(6-7-27(26)47-35-36-44-19-31(24-17-45-46-18-24)52(36)21-29(48-35)22-4-5-22)38(57)51-14-12-50(13-15-51)11-10-42-33(55)20-43-28-3-1-2-25-34(28)40(59)53(39(25)58)30-8-9-32(54)49-37(30)56/h1-3,6-7,16-19,21-22,30,43H,4-5,8-15,20H2,(H,42,55)(H,45,46)(H,47,48)(H,49,54,56). The van der Waals surface area contributed by atoms with E-state index in [1.807, 2.05) is 10.6 Å². The fraction of sp³-hybridized carbons (Fsp3) is 0.325. The lowest BCUT2D eigenvalue weighted by Crippen LogP contribution is -2.54. The van der Waals surface area contributed by atoms with Gasteiger partial charge in [-0.3, -0.25) is 53.4 Å². The molecule has 302 valence electrons. The van der Waals surface area contributed by atoms with E-state index in [9.17, 15) is 28.8 Å². The quantitative estimate of drug-likeness (QED) is 0.115. The van der Waals surface area contributed by atoms with Gasteiger partial charge >= 0.3 is 0 Å². The van der Waals surface area contributed by atoms with Crippen molar-refractivity contribution in [3.63, 3.8) is 0 Å². The van der Waals surface area contributed by atoms with E-state index >= 15 is 4.39 Å². The number of amides is 6. The number of rotatable bonds is 12. The van der Waals surface area contributed by atoms with Crippen molar-refractivity contribution < 1.29 is 33.2 Å². The number of piperazine rings is 1. The van der Waals surface area contributed by atoms with Crippen molar-refractivity contribution in [1.82, 2.24) is 49.9 Å². The molecule has 3 aromatic heterocycles. The molecular weight excluding hydrogens is 764 g/mol. The lowest BCUT2D eigenvalue weighted by molar-refractivity contribution is -0.136. The van der Waals surface area contributed by atoms with E-state index in [2.05, 4.69) is 41.3 Å². The molecule has 0 spiro atoms. The Labute approximate surface area is 335 Å². The van der Waals surface area contributed by atoms with Gasteiger partial charge in [-0.05, 0) is 49.6 Å². The number of H-pyrrole nitrogens is 1. The molecule has 0 bridgehead atoms. The number of carbonyl (C=O) groups is 6. The number of fused-ring (bicyclic) bond motifs is 2. The molecule has 19 heteroatoms. The zero-order valence-electron chi connectivity index (χ0n) is 31.7. The summed E-state index contributed by atoms with van der Waals surface area (Å²) < 4.78 is 17.5. The van der Waals surface area contributed by atoms with E-state index in [1.54, 1.807) is 41.7 Å². The van der Waals surface area contributed by atoms with E-state index in [4.69, 9.17) is 4.98 Å². The number of carbonyl (C=O) groups excluding carboxylic acids is 6. The summed E-state index contributed by atoms with van der Waals surface area (Å²) in [6.45, 7) is 2.65. The van der Waals surface area contributed by atoms with Crippen LogP contribution in [0.15, 0.2) is 61.2 Å². The van der Waals surface area contributed by atoms with E-state index in [0.717, 1.165) is 34.7 Å². The summed E-state index contributed by atoms with van der Waals surface area (Å²) in [7, 11) is 0. The van der Waals surface area contributed by atoms with Gasteiger partial charge < -0.3 is 20.9 Å². The van der Waals surface area contributed by atoms with Crippen LogP contribution in [0.25, 0.3) is 16.9 Å². The normalized spacial score (nSPS) is 18.3. The number of piperidine rings is 1. The molecule has 0 radical (unpaired) electrons. The van der Waals surface area contributed by atoms with Crippen LogP contribution in [0.4, 0.5) is 21.6 Å². The third-order valence-electron chi connectivity index (χ3n) is 11.1. The van der Waals surface area contributed by atoms with E-state index in [0.29, 0.717) is 56.7 Å². The zero-order chi connectivity index (χ0) is 40.8. The Hall–Kier alpha value is -7.02. The summed E-state index contributed by atoms with van der Waals surface area (Å²) >= 11 is 0. The molecule has 2 saturated heterocycles. The monoisotopic (exact) mass is 802 g/mol. The van der Waals surface area contributed by atoms with Crippen molar-refractivity contribution in [2.24, 2.45) is 0 Å². The molecule has 1 unspecified atom stereocenters. The van der Waals surface area contributed by atoms with Gasteiger partial charge in [-0.2, -0.15) is 5.10 Å². The number of aromatic amines is 1. The van der Waals surface area contributed by atoms with Gasteiger partial charge in [0, 0.05) is 80.8 Å². The summed E-state index contributed by atoms with van der Waals surface area (Å²) in [5, 5.41) is 17.9. The fourth-order valence-corrected chi connectivity index (χ4v) is 7.76. The Morgan fingerprint density at radius 3 is 2.53 bits per heavy atom. The predicted molar refractivity (Wildman–Crippen MR) is 209 cm³/mol. The van der Waals surface area contributed by atoms with Gasteiger partial charge in [0.05, 0.1) is 47.1 Å².